The predicted octanol–water partition coefficient (Wildman–Crippen LogP) is 2.06. The molecule has 0 radical (unpaired) electrons. The van der Waals surface area contributed by atoms with Crippen LogP contribution in [0.25, 0.3) is 0 Å². The minimum absolute atomic E-state index is 0.164. The smallest absolute Gasteiger partial charge is 0.237 e. The monoisotopic (exact) mass is 300 g/mol. The van der Waals surface area contributed by atoms with E-state index in [1.54, 1.807) is 0 Å². The molecule has 4 nitrogen and oxygen atoms in total. The molecule has 1 aliphatic heterocycles. The van der Waals surface area contributed by atoms with Gasteiger partial charge in [-0.25, -0.2) is 0 Å². The van der Waals surface area contributed by atoms with Gasteiger partial charge in [0.2, 0.25) is 5.91 Å². The number of primary amides is 1. The number of nitrogens with two attached hydrogens (primary N) is 1. The summed E-state index contributed by atoms with van der Waals surface area (Å²) in [6, 6.07) is 0. The van der Waals surface area contributed by atoms with E-state index in [2.05, 4.69) is 24.0 Å². The molecule has 1 aliphatic carbocycles. The van der Waals surface area contributed by atoms with Crippen molar-refractivity contribution in [3.05, 3.63) is 0 Å². The number of nitrogens with one attached hydrogen (secondary N) is 1. The van der Waals surface area contributed by atoms with Crippen molar-refractivity contribution in [1.82, 2.24) is 5.32 Å². The van der Waals surface area contributed by atoms with E-state index in [4.69, 9.17) is 10.5 Å². The van der Waals surface area contributed by atoms with Crippen molar-refractivity contribution >= 4 is 17.7 Å². The van der Waals surface area contributed by atoms with Gasteiger partial charge in [-0.15, -0.1) is 0 Å². The van der Waals surface area contributed by atoms with Crippen molar-refractivity contribution in [1.29, 1.82) is 0 Å². The second-order valence-electron chi connectivity index (χ2n) is 6.04. The molecule has 1 heterocycles. The molecule has 116 valence electrons. The third-order valence-corrected chi connectivity index (χ3v) is 6.09. The molecule has 2 fully saturated rings. The van der Waals surface area contributed by atoms with Gasteiger partial charge in [0.05, 0.1) is 5.54 Å². The van der Waals surface area contributed by atoms with Crippen LogP contribution in [0.15, 0.2) is 0 Å². The Morgan fingerprint density at radius 2 is 2.10 bits per heavy atom. The summed E-state index contributed by atoms with van der Waals surface area (Å²) in [6.07, 6.45) is 7.43. The summed E-state index contributed by atoms with van der Waals surface area (Å²) in [6.45, 7) is 4.77. The molecule has 3 N–H and O–H groups in total. The van der Waals surface area contributed by atoms with E-state index in [9.17, 15) is 4.79 Å². The number of thioether (sulfide) groups is 1. The van der Waals surface area contributed by atoms with Gasteiger partial charge in [0.25, 0.3) is 0 Å². The van der Waals surface area contributed by atoms with Crippen molar-refractivity contribution in [2.75, 3.05) is 19.8 Å². The molecule has 0 aromatic carbocycles. The van der Waals surface area contributed by atoms with E-state index < -0.39 is 5.54 Å². The molecule has 1 saturated carbocycles. The maximum absolute atomic E-state index is 12.0. The molecule has 2 rings (SSSR count). The van der Waals surface area contributed by atoms with Gasteiger partial charge in [0, 0.05) is 23.7 Å². The lowest BCUT2D eigenvalue weighted by atomic mass is 9.80. The first-order chi connectivity index (χ1) is 9.66. The van der Waals surface area contributed by atoms with Crippen LogP contribution in [0.4, 0.5) is 0 Å². The largest absolute Gasteiger partial charge is 0.381 e. The first-order valence-electron chi connectivity index (χ1n) is 7.94. The fourth-order valence-corrected chi connectivity index (χ4v) is 4.95. The summed E-state index contributed by atoms with van der Waals surface area (Å²) in [5.41, 5.74) is 5.25. The van der Waals surface area contributed by atoms with Gasteiger partial charge >= 0.3 is 0 Å². The fourth-order valence-electron chi connectivity index (χ4n) is 3.26. The van der Waals surface area contributed by atoms with Gasteiger partial charge in [0.1, 0.15) is 0 Å². The molecule has 0 bridgehead atoms. The zero-order valence-electron chi connectivity index (χ0n) is 12.5. The van der Waals surface area contributed by atoms with Crippen LogP contribution in [0.5, 0.6) is 0 Å². The number of ether oxygens (including phenoxy) is 1. The molecule has 1 amide bonds. The maximum atomic E-state index is 12.0. The third kappa shape index (κ3) is 4.12. The summed E-state index contributed by atoms with van der Waals surface area (Å²) in [7, 11) is 0. The highest BCUT2D eigenvalue weighted by atomic mass is 32.2. The first-order valence-corrected chi connectivity index (χ1v) is 8.89. The number of rotatable bonds is 6. The van der Waals surface area contributed by atoms with Crippen LogP contribution in [0, 0.1) is 0 Å². The number of carbonyl (C=O) groups excluding carboxylic acids is 1. The van der Waals surface area contributed by atoms with Crippen molar-refractivity contribution in [3.63, 3.8) is 0 Å². The van der Waals surface area contributed by atoms with Gasteiger partial charge in [-0.05, 0) is 51.5 Å². The predicted molar refractivity (Wildman–Crippen MR) is 83.9 cm³/mol. The standard InChI is InChI=1S/C15H28N2O2S/c1-2-8-17-15(14(16)18)7-3-4-13(11-15)20-12-5-9-19-10-6-12/h12-13,17H,2-11H2,1H3,(H2,16,18). The minimum atomic E-state index is -0.461. The lowest BCUT2D eigenvalue weighted by molar-refractivity contribution is -0.125. The zero-order valence-corrected chi connectivity index (χ0v) is 13.3. The maximum Gasteiger partial charge on any atom is 0.237 e. The second-order valence-corrected chi connectivity index (χ2v) is 7.64. The summed E-state index contributed by atoms with van der Waals surface area (Å²) in [4.78, 5) is 12.0. The Kier molecular flexibility index (Phi) is 6.18. The quantitative estimate of drug-likeness (QED) is 0.788. The van der Waals surface area contributed by atoms with Crippen molar-refractivity contribution in [2.45, 2.75) is 67.9 Å². The van der Waals surface area contributed by atoms with E-state index in [-0.39, 0.29) is 5.91 Å². The van der Waals surface area contributed by atoms with Gasteiger partial charge in [-0.3, -0.25) is 4.79 Å². The normalized spacial score (nSPS) is 32.1. The molecule has 2 unspecified atom stereocenters. The first kappa shape index (κ1) is 16.1. The van der Waals surface area contributed by atoms with Crippen LogP contribution in [-0.2, 0) is 9.53 Å². The number of carbonyl (C=O) groups is 1. The lowest BCUT2D eigenvalue weighted by Crippen LogP contribution is -2.58. The highest BCUT2D eigenvalue weighted by Gasteiger charge is 2.41. The average Bonchev–Trinajstić information content (AvgIpc) is 2.46. The molecule has 2 atom stereocenters. The zero-order chi connectivity index (χ0) is 14.4. The molecule has 0 aromatic rings. The summed E-state index contributed by atoms with van der Waals surface area (Å²) in [5.74, 6) is -0.164. The van der Waals surface area contributed by atoms with E-state index in [0.717, 1.165) is 58.3 Å². The van der Waals surface area contributed by atoms with E-state index in [1.165, 1.54) is 6.42 Å². The molecule has 0 aromatic heterocycles. The van der Waals surface area contributed by atoms with E-state index in [0.29, 0.717) is 10.5 Å². The van der Waals surface area contributed by atoms with Crippen LogP contribution in [-0.4, -0.2) is 41.7 Å². The number of hydrogen-bond donors (Lipinski definition) is 2. The van der Waals surface area contributed by atoms with Crippen LogP contribution in [0.2, 0.25) is 0 Å². The van der Waals surface area contributed by atoms with Crippen LogP contribution in [0.1, 0.15) is 51.9 Å². The van der Waals surface area contributed by atoms with Crippen molar-refractivity contribution < 1.29 is 9.53 Å². The number of hydrogen-bond acceptors (Lipinski definition) is 4. The van der Waals surface area contributed by atoms with Gasteiger partial charge in [0.15, 0.2) is 0 Å². The van der Waals surface area contributed by atoms with Gasteiger partial charge in [-0.2, -0.15) is 11.8 Å². The molecular weight excluding hydrogens is 272 g/mol. The second kappa shape index (κ2) is 7.66. The highest BCUT2D eigenvalue weighted by molar-refractivity contribution is 8.00. The molecule has 2 aliphatic rings. The van der Waals surface area contributed by atoms with E-state index >= 15 is 0 Å². The molecule has 0 spiro atoms. The molecule has 1 saturated heterocycles. The fraction of sp³-hybridized carbons (Fsp3) is 0.933. The van der Waals surface area contributed by atoms with Crippen molar-refractivity contribution in [2.24, 2.45) is 5.73 Å². The van der Waals surface area contributed by atoms with Crippen molar-refractivity contribution in [3.8, 4) is 0 Å². The Morgan fingerprint density at radius 1 is 1.35 bits per heavy atom. The Balaban J connectivity index is 1.92. The van der Waals surface area contributed by atoms with Crippen LogP contribution in [0.3, 0.4) is 0 Å². The topological polar surface area (TPSA) is 64.3 Å². The summed E-state index contributed by atoms with van der Waals surface area (Å²) < 4.78 is 5.42. The van der Waals surface area contributed by atoms with Gasteiger partial charge < -0.3 is 15.8 Å². The highest BCUT2D eigenvalue weighted by Crippen LogP contribution is 2.38. The van der Waals surface area contributed by atoms with E-state index in [1.807, 2.05) is 0 Å². The SMILES string of the molecule is CCCNC1(C(N)=O)CCCC(SC2CCOCC2)C1. The third-order valence-electron chi connectivity index (χ3n) is 4.44. The van der Waals surface area contributed by atoms with Gasteiger partial charge in [-0.1, -0.05) is 6.92 Å². The average molecular weight is 300 g/mol. The summed E-state index contributed by atoms with van der Waals surface area (Å²) in [5, 5.41) is 4.70. The Labute approximate surface area is 126 Å². The number of amides is 1. The van der Waals surface area contributed by atoms with Crippen LogP contribution < -0.4 is 11.1 Å². The Hall–Kier alpha value is -0.260. The molecule has 5 heteroatoms. The molecular formula is C15H28N2O2S. The molecule has 20 heavy (non-hydrogen) atoms. The Morgan fingerprint density at radius 3 is 2.75 bits per heavy atom. The summed E-state index contributed by atoms with van der Waals surface area (Å²) >= 11 is 2.07. The van der Waals surface area contributed by atoms with Crippen LogP contribution >= 0.6 is 11.8 Å². The Bertz CT molecular complexity index is 321. The minimum Gasteiger partial charge on any atom is -0.381 e. The lowest BCUT2D eigenvalue weighted by Gasteiger charge is -2.40.